The average molecular weight is 276 g/mol. The van der Waals surface area contributed by atoms with E-state index < -0.39 is 10.0 Å². The molecule has 2 rings (SSSR count). The lowest BCUT2D eigenvalue weighted by Gasteiger charge is -2.32. The lowest BCUT2D eigenvalue weighted by atomic mass is 10.00. The van der Waals surface area contributed by atoms with Gasteiger partial charge in [-0.1, -0.05) is 0 Å². The normalized spacial score (nSPS) is 26.4. The summed E-state index contributed by atoms with van der Waals surface area (Å²) in [7, 11) is -1.29. The minimum absolute atomic E-state index is 0.0716. The van der Waals surface area contributed by atoms with Crippen LogP contribution >= 0.6 is 0 Å². The highest BCUT2D eigenvalue weighted by Gasteiger charge is 2.41. The van der Waals surface area contributed by atoms with Crippen LogP contribution in [-0.2, 0) is 14.8 Å². The maximum Gasteiger partial charge on any atom is 0.216 e. The largest absolute Gasteiger partial charge is 0.383 e. The summed E-state index contributed by atoms with van der Waals surface area (Å²) in [4.78, 5) is 0. The summed E-state index contributed by atoms with van der Waals surface area (Å²) in [5, 5.41) is 3.25. The Morgan fingerprint density at radius 1 is 1.33 bits per heavy atom. The Hall–Kier alpha value is -0.170. The smallest absolute Gasteiger partial charge is 0.216 e. The second-order valence-electron chi connectivity index (χ2n) is 5.31. The second kappa shape index (κ2) is 6.32. The third kappa shape index (κ3) is 3.66. The van der Waals surface area contributed by atoms with Crippen molar-refractivity contribution in [3.63, 3.8) is 0 Å². The molecule has 106 valence electrons. The average Bonchev–Trinajstić information content (AvgIpc) is 3.19. The minimum atomic E-state index is -2.98. The summed E-state index contributed by atoms with van der Waals surface area (Å²) in [6.07, 6.45) is 3.82. The number of methoxy groups -OCH3 is 1. The van der Waals surface area contributed by atoms with Gasteiger partial charge in [0.1, 0.15) is 0 Å². The summed E-state index contributed by atoms with van der Waals surface area (Å²) >= 11 is 0. The van der Waals surface area contributed by atoms with Crippen molar-refractivity contribution in [2.45, 2.75) is 30.9 Å². The molecule has 1 N–H and O–H groups in total. The van der Waals surface area contributed by atoms with Crippen LogP contribution in [0.4, 0.5) is 0 Å². The van der Waals surface area contributed by atoms with Gasteiger partial charge in [-0.3, -0.25) is 0 Å². The zero-order valence-electron chi connectivity index (χ0n) is 11.1. The highest BCUT2D eigenvalue weighted by atomic mass is 32.2. The molecule has 1 atom stereocenters. The lowest BCUT2D eigenvalue weighted by molar-refractivity contribution is 0.193. The molecule has 0 aromatic heterocycles. The zero-order chi connectivity index (χ0) is 13.0. The van der Waals surface area contributed by atoms with Gasteiger partial charge in [0.05, 0.1) is 11.9 Å². The molecule has 0 aromatic carbocycles. The van der Waals surface area contributed by atoms with Crippen LogP contribution in [0.3, 0.4) is 0 Å². The van der Waals surface area contributed by atoms with Gasteiger partial charge in [-0.2, -0.15) is 0 Å². The standard InChI is InChI=1S/C12H24N2O3S/c1-17-8-6-13-9-11-3-2-7-14(10-11)18(15,16)12-4-5-12/h11-13H,2-10H2,1H3. The topological polar surface area (TPSA) is 58.6 Å². The summed E-state index contributed by atoms with van der Waals surface area (Å²) in [6.45, 7) is 3.84. The Morgan fingerprint density at radius 3 is 2.78 bits per heavy atom. The van der Waals surface area contributed by atoms with Crippen LogP contribution in [0, 0.1) is 5.92 Å². The van der Waals surface area contributed by atoms with Crippen LogP contribution in [0.5, 0.6) is 0 Å². The molecule has 0 bridgehead atoms. The SMILES string of the molecule is COCCNCC1CCCN(S(=O)(=O)C2CC2)C1. The van der Waals surface area contributed by atoms with Crippen LogP contribution in [0.15, 0.2) is 0 Å². The first-order chi connectivity index (χ1) is 8.64. The van der Waals surface area contributed by atoms with Crippen LogP contribution in [0.1, 0.15) is 25.7 Å². The Balaban J connectivity index is 1.77. The number of piperidine rings is 1. The molecule has 1 unspecified atom stereocenters. The number of ether oxygens (including phenoxy) is 1. The van der Waals surface area contributed by atoms with Gasteiger partial charge in [0, 0.05) is 26.7 Å². The maximum absolute atomic E-state index is 12.2. The molecule has 0 aromatic rings. The monoisotopic (exact) mass is 276 g/mol. The number of hydrogen-bond donors (Lipinski definition) is 1. The van der Waals surface area contributed by atoms with Gasteiger partial charge in [-0.25, -0.2) is 12.7 Å². The van der Waals surface area contributed by atoms with E-state index in [9.17, 15) is 8.42 Å². The van der Waals surface area contributed by atoms with Crippen molar-refractivity contribution >= 4 is 10.0 Å². The summed E-state index contributed by atoms with van der Waals surface area (Å²) in [5.74, 6) is 0.448. The van der Waals surface area contributed by atoms with Crippen LogP contribution < -0.4 is 5.32 Å². The molecule has 1 aliphatic heterocycles. The predicted molar refractivity (Wildman–Crippen MR) is 71.0 cm³/mol. The van der Waals surface area contributed by atoms with Gasteiger partial charge in [0.2, 0.25) is 10.0 Å². The van der Waals surface area contributed by atoms with Crippen molar-refractivity contribution in [1.82, 2.24) is 9.62 Å². The van der Waals surface area contributed by atoms with E-state index in [0.717, 1.165) is 38.8 Å². The van der Waals surface area contributed by atoms with E-state index in [1.807, 2.05) is 0 Å². The summed E-state index contributed by atoms with van der Waals surface area (Å²) in [6, 6.07) is 0. The van der Waals surface area contributed by atoms with Crippen molar-refractivity contribution in [3.05, 3.63) is 0 Å². The van der Waals surface area contributed by atoms with Crippen molar-refractivity contribution in [2.24, 2.45) is 5.92 Å². The van der Waals surface area contributed by atoms with Crippen molar-refractivity contribution in [1.29, 1.82) is 0 Å². The van der Waals surface area contributed by atoms with E-state index in [1.165, 1.54) is 0 Å². The fourth-order valence-corrected chi connectivity index (χ4v) is 4.44. The molecular weight excluding hydrogens is 252 g/mol. The highest BCUT2D eigenvalue weighted by Crippen LogP contribution is 2.33. The van der Waals surface area contributed by atoms with Crippen molar-refractivity contribution in [3.8, 4) is 0 Å². The van der Waals surface area contributed by atoms with E-state index in [-0.39, 0.29) is 5.25 Å². The third-order valence-electron chi connectivity index (χ3n) is 3.70. The number of nitrogens with one attached hydrogen (secondary N) is 1. The van der Waals surface area contributed by atoms with E-state index in [1.54, 1.807) is 11.4 Å². The Bertz CT molecular complexity index is 354. The quantitative estimate of drug-likeness (QED) is 0.685. The number of rotatable bonds is 7. The molecule has 0 spiro atoms. The first kappa shape index (κ1) is 14.2. The first-order valence-corrected chi connectivity index (χ1v) is 8.33. The molecule has 0 radical (unpaired) electrons. The molecule has 1 saturated carbocycles. The van der Waals surface area contributed by atoms with Crippen molar-refractivity contribution in [2.75, 3.05) is 39.9 Å². The van der Waals surface area contributed by atoms with E-state index >= 15 is 0 Å². The van der Waals surface area contributed by atoms with Gasteiger partial charge in [-0.05, 0) is 38.1 Å². The molecule has 2 aliphatic rings. The van der Waals surface area contributed by atoms with E-state index in [4.69, 9.17) is 4.74 Å². The van der Waals surface area contributed by atoms with Gasteiger partial charge >= 0.3 is 0 Å². The van der Waals surface area contributed by atoms with E-state index in [2.05, 4.69) is 5.32 Å². The molecule has 0 amide bonds. The second-order valence-corrected chi connectivity index (χ2v) is 7.52. The van der Waals surface area contributed by atoms with Crippen LogP contribution in [0.2, 0.25) is 0 Å². The number of nitrogens with zero attached hydrogens (tertiary/aromatic N) is 1. The minimum Gasteiger partial charge on any atom is -0.383 e. The fourth-order valence-electron chi connectivity index (χ4n) is 2.48. The van der Waals surface area contributed by atoms with Gasteiger partial charge in [-0.15, -0.1) is 0 Å². The maximum atomic E-state index is 12.2. The Labute approximate surface area is 110 Å². The Kier molecular flexibility index (Phi) is 5.00. The number of hydrogen-bond acceptors (Lipinski definition) is 4. The van der Waals surface area contributed by atoms with Crippen molar-refractivity contribution < 1.29 is 13.2 Å². The molecular formula is C12H24N2O3S. The van der Waals surface area contributed by atoms with Crippen LogP contribution in [-0.4, -0.2) is 57.9 Å². The van der Waals surface area contributed by atoms with Crippen LogP contribution in [0.25, 0.3) is 0 Å². The third-order valence-corrected chi connectivity index (χ3v) is 6.07. The van der Waals surface area contributed by atoms with Gasteiger partial charge in [0.25, 0.3) is 0 Å². The lowest BCUT2D eigenvalue weighted by Crippen LogP contribution is -2.44. The molecule has 1 aliphatic carbocycles. The summed E-state index contributed by atoms with van der Waals surface area (Å²) < 4.78 is 31.0. The predicted octanol–water partition coefficient (Wildman–Crippen LogP) is 0.427. The highest BCUT2D eigenvalue weighted by molar-refractivity contribution is 7.90. The molecule has 1 heterocycles. The molecule has 2 fully saturated rings. The van der Waals surface area contributed by atoms with Gasteiger partial charge in [0.15, 0.2) is 0 Å². The Morgan fingerprint density at radius 2 is 2.11 bits per heavy atom. The zero-order valence-corrected chi connectivity index (χ0v) is 11.9. The fraction of sp³-hybridized carbons (Fsp3) is 1.00. The number of sulfonamides is 1. The first-order valence-electron chi connectivity index (χ1n) is 6.83. The molecule has 18 heavy (non-hydrogen) atoms. The molecule has 5 nitrogen and oxygen atoms in total. The summed E-state index contributed by atoms with van der Waals surface area (Å²) in [5.41, 5.74) is 0. The van der Waals surface area contributed by atoms with E-state index in [0.29, 0.717) is 25.6 Å². The molecule has 1 saturated heterocycles. The molecule has 6 heteroatoms. The van der Waals surface area contributed by atoms with Gasteiger partial charge < -0.3 is 10.1 Å².